The van der Waals surface area contributed by atoms with Crippen molar-refractivity contribution in [1.29, 1.82) is 0 Å². The molecule has 0 saturated carbocycles. The number of carbonyl (C=O) groups is 1. The molecule has 150 valence electrons. The van der Waals surface area contributed by atoms with E-state index in [9.17, 15) is 13.2 Å². The van der Waals surface area contributed by atoms with E-state index in [1.807, 2.05) is 30.3 Å². The predicted octanol–water partition coefficient (Wildman–Crippen LogP) is 1.94. The molecule has 3 rings (SSSR count). The van der Waals surface area contributed by atoms with E-state index in [4.69, 9.17) is 4.74 Å². The van der Waals surface area contributed by atoms with E-state index in [1.165, 1.54) is 16.4 Å². The zero-order chi connectivity index (χ0) is 19.8. The van der Waals surface area contributed by atoms with E-state index in [1.54, 1.807) is 12.1 Å². The highest BCUT2D eigenvalue weighted by molar-refractivity contribution is 7.89. The van der Waals surface area contributed by atoms with E-state index in [2.05, 4.69) is 10.6 Å². The van der Waals surface area contributed by atoms with Crippen LogP contribution >= 0.6 is 0 Å². The number of morpholine rings is 1. The number of hydrogen-bond acceptors (Lipinski definition) is 5. The van der Waals surface area contributed by atoms with Gasteiger partial charge in [-0.2, -0.15) is 4.31 Å². The Morgan fingerprint density at radius 3 is 2.50 bits per heavy atom. The third-order valence-corrected chi connectivity index (χ3v) is 6.34. The van der Waals surface area contributed by atoms with Crippen LogP contribution in [0.15, 0.2) is 59.5 Å². The number of hydrogen-bond donors (Lipinski definition) is 2. The van der Waals surface area contributed by atoms with Crippen molar-refractivity contribution in [2.24, 2.45) is 0 Å². The molecule has 0 atom stereocenters. The first-order valence-corrected chi connectivity index (χ1v) is 10.8. The van der Waals surface area contributed by atoms with Crippen molar-refractivity contribution in [3.05, 3.63) is 60.2 Å². The van der Waals surface area contributed by atoms with Gasteiger partial charge in [0.2, 0.25) is 10.0 Å². The molecule has 2 N–H and O–H groups in total. The average Bonchev–Trinajstić information content (AvgIpc) is 2.75. The van der Waals surface area contributed by atoms with Crippen molar-refractivity contribution in [1.82, 2.24) is 9.62 Å². The number of sulfonamides is 1. The minimum absolute atomic E-state index is 0.132. The number of ether oxygens (including phenoxy) is 1. The molecule has 1 fully saturated rings. The Labute approximate surface area is 165 Å². The summed E-state index contributed by atoms with van der Waals surface area (Å²) in [5, 5.41) is 6.11. The Morgan fingerprint density at radius 2 is 1.75 bits per heavy atom. The standard InChI is InChI=1S/C20H25N3O4S/c24-20(22-11-5-10-21-18-7-2-1-3-8-18)17-6-4-9-19(16-17)28(25,26)23-12-14-27-15-13-23/h1-4,6-9,16,21H,5,10-15H2,(H,22,24). The summed E-state index contributed by atoms with van der Waals surface area (Å²) in [5.74, 6) is -0.279. The molecule has 1 aliphatic heterocycles. The summed E-state index contributed by atoms with van der Waals surface area (Å²) in [6, 6.07) is 16.0. The lowest BCUT2D eigenvalue weighted by Gasteiger charge is -2.26. The van der Waals surface area contributed by atoms with Gasteiger partial charge < -0.3 is 15.4 Å². The second kappa shape index (κ2) is 9.68. The second-order valence-corrected chi connectivity index (χ2v) is 8.38. The average molecular weight is 404 g/mol. The molecule has 2 aromatic carbocycles. The Bertz CT molecular complexity index is 881. The van der Waals surface area contributed by atoms with Crippen molar-refractivity contribution >= 4 is 21.6 Å². The lowest BCUT2D eigenvalue weighted by molar-refractivity contribution is 0.0730. The van der Waals surface area contributed by atoms with Crippen LogP contribution in [0.3, 0.4) is 0 Å². The molecule has 1 heterocycles. The van der Waals surface area contributed by atoms with Crippen LogP contribution < -0.4 is 10.6 Å². The molecular formula is C20H25N3O4S. The van der Waals surface area contributed by atoms with E-state index < -0.39 is 10.0 Å². The lowest BCUT2D eigenvalue weighted by Crippen LogP contribution is -2.40. The fraction of sp³-hybridized carbons (Fsp3) is 0.350. The Hall–Kier alpha value is -2.42. The molecule has 28 heavy (non-hydrogen) atoms. The molecule has 8 heteroatoms. The van der Waals surface area contributed by atoms with Crippen molar-refractivity contribution in [2.45, 2.75) is 11.3 Å². The molecule has 0 aromatic heterocycles. The van der Waals surface area contributed by atoms with Gasteiger partial charge in [-0.15, -0.1) is 0 Å². The van der Waals surface area contributed by atoms with Crippen molar-refractivity contribution in [3.8, 4) is 0 Å². The van der Waals surface area contributed by atoms with Gasteiger partial charge in [0, 0.05) is 37.4 Å². The molecule has 7 nitrogen and oxygen atoms in total. The number of benzene rings is 2. The van der Waals surface area contributed by atoms with Crippen LogP contribution in [0, 0.1) is 0 Å². The van der Waals surface area contributed by atoms with Crippen LogP contribution in [0.2, 0.25) is 0 Å². The summed E-state index contributed by atoms with van der Waals surface area (Å²) in [6.07, 6.45) is 0.756. The first-order chi connectivity index (χ1) is 13.6. The molecule has 0 aliphatic carbocycles. The topological polar surface area (TPSA) is 87.7 Å². The molecule has 0 radical (unpaired) electrons. The molecule has 0 unspecified atom stereocenters. The van der Waals surface area contributed by atoms with Gasteiger partial charge in [-0.3, -0.25) is 4.79 Å². The Balaban J connectivity index is 1.52. The van der Waals surface area contributed by atoms with E-state index in [0.717, 1.165) is 18.7 Å². The van der Waals surface area contributed by atoms with E-state index in [-0.39, 0.29) is 10.8 Å². The van der Waals surface area contributed by atoms with Crippen LogP contribution in [0.25, 0.3) is 0 Å². The van der Waals surface area contributed by atoms with E-state index >= 15 is 0 Å². The third kappa shape index (κ3) is 5.31. The van der Waals surface area contributed by atoms with Crippen molar-refractivity contribution in [3.63, 3.8) is 0 Å². The monoisotopic (exact) mass is 403 g/mol. The maximum Gasteiger partial charge on any atom is 0.251 e. The van der Waals surface area contributed by atoms with Gasteiger partial charge in [-0.05, 0) is 36.8 Å². The Kier molecular flexibility index (Phi) is 7.02. The number of anilines is 1. The van der Waals surface area contributed by atoms with E-state index in [0.29, 0.717) is 38.4 Å². The van der Waals surface area contributed by atoms with Crippen LogP contribution in [-0.4, -0.2) is 58.0 Å². The SMILES string of the molecule is O=C(NCCCNc1ccccc1)c1cccc(S(=O)(=O)N2CCOCC2)c1. The van der Waals surface area contributed by atoms with Crippen LogP contribution in [0.1, 0.15) is 16.8 Å². The smallest absolute Gasteiger partial charge is 0.251 e. The van der Waals surface area contributed by atoms with Gasteiger partial charge in [0.05, 0.1) is 18.1 Å². The zero-order valence-electron chi connectivity index (χ0n) is 15.6. The van der Waals surface area contributed by atoms with Gasteiger partial charge in [0.15, 0.2) is 0 Å². The van der Waals surface area contributed by atoms with Gasteiger partial charge in [-0.25, -0.2) is 8.42 Å². The summed E-state index contributed by atoms with van der Waals surface area (Å²) in [7, 11) is -3.61. The molecule has 2 aromatic rings. The maximum atomic E-state index is 12.7. The molecule has 1 saturated heterocycles. The minimum atomic E-state index is -3.61. The quantitative estimate of drug-likeness (QED) is 0.658. The number of amides is 1. The second-order valence-electron chi connectivity index (χ2n) is 6.45. The molecule has 0 bridgehead atoms. The number of nitrogens with zero attached hydrogens (tertiary/aromatic N) is 1. The number of rotatable bonds is 8. The molecule has 0 spiro atoms. The fourth-order valence-electron chi connectivity index (χ4n) is 2.91. The Morgan fingerprint density at radius 1 is 1.00 bits per heavy atom. The lowest BCUT2D eigenvalue weighted by atomic mass is 10.2. The highest BCUT2D eigenvalue weighted by Crippen LogP contribution is 2.18. The zero-order valence-corrected chi connectivity index (χ0v) is 16.5. The molecule has 1 amide bonds. The number of para-hydroxylation sites is 1. The highest BCUT2D eigenvalue weighted by Gasteiger charge is 2.26. The molecular weight excluding hydrogens is 378 g/mol. The van der Waals surface area contributed by atoms with Crippen LogP contribution in [0.4, 0.5) is 5.69 Å². The normalized spacial score (nSPS) is 15.1. The molecule has 1 aliphatic rings. The van der Waals surface area contributed by atoms with Crippen LogP contribution in [0.5, 0.6) is 0 Å². The predicted molar refractivity (Wildman–Crippen MR) is 108 cm³/mol. The number of nitrogens with one attached hydrogen (secondary N) is 2. The van der Waals surface area contributed by atoms with Gasteiger partial charge in [-0.1, -0.05) is 24.3 Å². The van der Waals surface area contributed by atoms with Gasteiger partial charge in [0.1, 0.15) is 0 Å². The van der Waals surface area contributed by atoms with Crippen LogP contribution in [-0.2, 0) is 14.8 Å². The van der Waals surface area contributed by atoms with Crippen molar-refractivity contribution < 1.29 is 17.9 Å². The largest absolute Gasteiger partial charge is 0.385 e. The first kappa shape index (κ1) is 20.3. The third-order valence-electron chi connectivity index (χ3n) is 4.45. The number of carbonyl (C=O) groups excluding carboxylic acids is 1. The summed E-state index contributed by atoms with van der Waals surface area (Å²) < 4.78 is 32.1. The summed E-state index contributed by atoms with van der Waals surface area (Å²) >= 11 is 0. The first-order valence-electron chi connectivity index (χ1n) is 9.32. The summed E-state index contributed by atoms with van der Waals surface area (Å²) in [4.78, 5) is 12.5. The maximum absolute atomic E-state index is 12.7. The summed E-state index contributed by atoms with van der Waals surface area (Å²) in [5.41, 5.74) is 1.38. The summed E-state index contributed by atoms with van der Waals surface area (Å²) in [6.45, 7) is 2.65. The van der Waals surface area contributed by atoms with Gasteiger partial charge in [0.25, 0.3) is 5.91 Å². The minimum Gasteiger partial charge on any atom is -0.385 e. The van der Waals surface area contributed by atoms with Crippen molar-refractivity contribution in [2.75, 3.05) is 44.7 Å². The highest BCUT2D eigenvalue weighted by atomic mass is 32.2. The van der Waals surface area contributed by atoms with Gasteiger partial charge >= 0.3 is 0 Å². The fourth-order valence-corrected chi connectivity index (χ4v) is 4.37.